The summed E-state index contributed by atoms with van der Waals surface area (Å²) in [5, 5.41) is 0. The van der Waals surface area contributed by atoms with Gasteiger partial charge in [0.1, 0.15) is 6.61 Å². The van der Waals surface area contributed by atoms with Crippen molar-refractivity contribution in [1.82, 2.24) is 0 Å². The van der Waals surface area contributed by atoms with Crippen molar-refractivity contribution in [2.45, 2.75) is 70.2 Å². The summed E-state index contributed by atoms with van der Waals surface area (Å²) in [6.07, 6.45) is 5.76. The number of fused-ring (bicyclic) bond motifs is 1. The van der Waals surface area contributed by atoms with Crippen LogP contribution in [0.15, 0.2) is 0 Å². The molecule has 0 spiro atoms. The third kappa shape index (κ3) is 4.86. The maximum absolute atomic E-state index is 11.7. The van der Waals surface area contributed by atoms with Gasteiger partial charge in [-0.3, -0.25) is 4.79 Å². The topological polar surface area (TPSA) is 48.1 Å². The summed E-state index contributed by atoms with van der Waals surface area (Å²) in [5.41, 5.74) is 0.498. The van der Waals surface area contributed by atoms with Gasteiger partial charge in [0.05, 0.1) is 12.2 Å². The zero-order valence-electron chi connectivity index (χ0n) is 13.0. The predicted molar refractivity (Wildman–Crippen MR) is 80.3 cm³/mol. The lowest BCUT2D eigenvalue weighted by Crippen LogP contribution is -2.27. The van der Waals surface area contributed by atoms with E-state index in [1.807, 2.05) is 0 Å². The third-order valence-electron chi connectivity index (χ3n) is 4.43. The zero-order valence-corrected chi connectivity index (χ0v) is 14.1. The van der Waals surface area contributed by atoms with Crippen molar-refractivity contribution >= 4 is 15.0 Å². The highest BCUT2D eigenvalue weighted by atomic mass is 28.3. The monoisotopic (exact) mass is 300 g/mol. The van der Waals surface area contributed by atoms with Crippen LogP contribution in [0.25, 0.3) is 0 Å². The van der Waals surface area contributed by atoms with E-state index in [4.69, 9.17) is 13.9 Å². The summed E-state index contributed by atoms with van der Waals surface area (Å²) in [6, 6.07) is 0.994. The van der Waals surface area contributed by atoms with E-state index < -0.39 is 9.04 Å². The lowest BCUT2D eigenvalue weighted by atomic mass is 9.87. The van der Waals surface area contributed by atoms with E-state index in [1.54, 1.807) is 0 Å². The van der Waals surface area contributed by atoms with E-state index in [1.165, 1.54) is 19.3 Å². The molecule has 2 rings (SSSR count). The molecule has 1 heterocycles. The second kappa shape index (κ2) is 7.57. The van der Waals surface area contributed by atoms with Gasteiger partial charge in [-0.1, -0.05) is 20.8 Å². The fourth-order valence-electron chi connectivity index (χ4n) is 3.05. The van der Waals surface area contributed by atoms with Crippen LogP contribution < -0.4 is 0 Å². The lowest BCUT2D eigenvalue weighted by molar-refractivity contribution is -0.140. The number of hydrogen-bond donors (Lipinski definition) is 0. The van der Waals surface area contributed by atoms with Gasteiger partial charge in [0.25, 0.3) is 0 Å². The van der Waals surface area contributed by atoms with E-state index in [9.17, 15) is 4.79 Å². The molecule has 20 heavy (non-hydrogen) atoms. The van der Waals surface area contributed by atoms with E-state index in [2.05, 4.69) is 20.8 Å². The van der Waals surface area contributed by atoms with Crippen LogP contribution in [-0.4, -0.2) is 40.4 Å². The Labute approximate surface area is 123 Å². The Bertz CT molecular complexity index is 321. The summed E-state index contributed by atoms with van der Waals surface area (Å²) in [7, 11) is -1.37. The molecule has 4 unspecified atom stereocenters. The second-order valence-corrected chi connectivity index (χ2v) is 9.88. The molecule has 0 aromatic heterocycles. The Kier molecular flexibility index (Phi) is 6.05. The normalized spacial score (nSPS) is 29.9. The second-order valence-electron chi connectivity index (χ2n) is 6.41. The van der Waals surface area contributed by atoms with Gasteiger partial charge < -0.3 is 13.9 Å². The molecule has 0 bridgehead atoms. The van der Waals surface area contributed by atoms with Gasteiger partial charge in [-0.2, -0.15) is 0 Å². The lowest BCUT2D eigenvalue weighted by Gasteiger charge is -2.19. The standard InChI is InChI=1S/C15H28O4Si/c1-4-20(11(2)3)19-15(16)10-17-8-7-12-5-6-13-14(9-12)18-13/h11-14,20H,4-10H2,1-3H3. The highest BCUT2D eigenvalue weighted by Gasteiger charge is 2.43. The van der Waals surface area contributed by atoms with Crippen LogP contribution in [0.4, 0.5) is 0 Å². The maximum Gasteiger partial charge on any atom is 0.318 e. The molecule has 5 heteroatoms. The van der Waals surface area contributed by atoms with Gasteiger partial charge in [0.15, 0.2) is 0 Å². The molecule has 4 nitrogen and oxygen atoms in total. The molecule has 116 valence electrons. The first-order valence-corrected chi connectivity index (χ1v) is 9.98. The minimum absolute atomic E-state index is 0.117. The van der Waals surface area contributed by atoms with Crippen molar-refractivity contribution in [3.05, 3.63) is 0 Å². The number of carbonyl (C=O) groups is 1. The number of carbonyl (C=O) groups excluding carboxylic acids is 1. The zero-order chi connectivity index (χ0) is 14.5. The van der Waals surface area contributed by atoms with Crippen LogP contribution in [-0.2, 0) is 18.7 Å². The average Bonchev–Trinajstić information content (AvgIpc) is 3.19. The van der Waals surface area contributed by atoms with Crippen LogP contribution >= 0.6 is 0 Å². The minimum Gasteiger partial charge on any atom is -0.520 e. The van der Waals surface area contributed by atoms with E-state index in [0.717, 1.165) is 12.5 Å². The molecule has 1 aliphatic heterocycles. The molecular formula is C15H28O4Si. The summed E-state index contributed by atoms with van der Waals surface area (Å²) < 4.78 is 16.5. The summed E-state index contributed by atoms with van der Waals surface area (Å²) in [6.45, 7) is 7.14. The molecule has 4 atom stereocenters. The quantitative estimate of drug-likeness (QED) is 0.393. The molecule has 1 aliphatic carbocycles. The van der Waals surface area contributed by atoms with E-state index in [-0.39, 0.29) is 12.6 Å². The SMILES string of the molecule is CC[SiH](OC(=O)COCCC1CCC2OC2C1)C(C)C. The maximum atomic E-state index is 11.7. The molecule has 2 aliphatic rings. The predicted octanol–water partition coefficient (Wildman–Crippen LogP) is 2.66. The van der Waals surface area contributed by atoms with Gasteiger partial charge in [-0.25, -0.2) is 0 Å². The fourth-order valence-corrected chi connectivity index (χ4v) is 4.84. The van der Waals surface area contributed by atoms with Crippen LogP contribution in [0, 0.1) is 5.92 Å². The first-order valence-electron chi connectivity index (χ1n) is 8.02. The van der Waals surface area contributed by atoms with Gasteiger partial charge in [0.2, 0.25) is 9.04 Å². The smallest absolute Gasteiger partial charge is 0.318 e. The van der Waals surface area contributed by atoms with Crippen molar-refractivity contribution < 1.29 is 18.7 Å². The molecular weight excluding hydrogens is 272 g/mol. The molecule has 0 amide bonds. The molecule has 2 fully saturated rings. The molecule has 1 saturated heterocycles. The van der Waals surface area contributed by atoms with Crippen molar-refractivity contribution in [2.75, 3.05) is 13.2 Å². The van der Waals surface area contributed by atoms with Crippen molar-refractivity contribution in [3.63, 3.8) is 0 Å². The first-order chi connectivity index (χ1) is 9.60. The minimum atomic E-state index is -1.37. The summed E-state index contributed by atoms with van der Waals surface area (Å²) in [4.78, 5) is 11.7. The largest absolute Gasteiger partial charge is 0.520 e. The first kappa shape index (κ1) is 16.0. The Hall–Kier alpha value is -0.393. The number of epoxide rings is 1. The van der Waals surface area contributed by atoms with Crippen molar-refractivity contribution in [1.29, 1.82) is 0 Å². The Morgan fingerprint density at radius 2 is 2.15 bits per heavy atom. The van der Waals surface area contributed by atoms with Crippen LogP contribution in [0.3, 0.4) is 0 Å². The Morgan fingerprint density at radius 3 is 2.80 bits per heavy atom. The number of rotatable bonds is 8. The molecule has 0 aromatic rings. The summed E-state index contributed by atoms with van der Waals surface area (Å²) >= 11 is 0. The number of ether oxygens (including phenoxy) is 2. The molecule has 1 saturated carbocycles. The third-order valence-corrected chi connectivity index (χ3v) is 7.29. The average molecular weight is 300 g/mol. The highest BCUT2D eigenvalue weighted by Crippen LogP contribution is 2.40. The van der Waals surface area contributed by atoms with E-state index >= 15 is 0 Å². The Morgan fingerprint density at radius 1 is 1.35 bits per heavy atom. The van der Waals surface area contributed by atoms with E-state index in [0.29, 0.717) is 30.3 Å². The Balaban J connectivity index is 1.52. The van der Waals surface area contributed by atoms with Crippen molar-refractivity contribution in [3.8, 4) is 0 Å². The van der Waals surface area contributed by atoms with Gasteiger partial charge in [-0.15, -0.1) is 0 Å². The molecule has 0 radical (unpaired) electrons. The van der Waals surface area contributed by atoms with Gasteiger partial charge in [-0.05, 0) is 43.2 Å². The molecule has 0 aromatic carbocycles. The van der Waals surface area contributed by atoms with Crippen LogP contribution in [0.5, 0.6) is 0 Å². The molecule has 0 N–H and O–H groups in total. The fraction of sp³-hybridized carbons (Fsp3) is 0.933. The highest BCUT2D eigenvalue weighted by molar-refractivity contribution is 6.55. The van der Waals surface area contributed by atoms with Gasteiger partial charge >= 0.3 is 5.97 Å². The number of hydrogen-bond acceptors (Lipinski definition) is 4. The van der Waals surface area contributed by atoms with Crippen LogP contribution in [0.1, 0.15) is 46.5 Å². The summed E-state index contributed by atoms with van der Waals surface area (Å²) in [5.74, 6) is 0.537. The van der Waals surface area contributed by atoms with Crippen molar-refractivity contribution in [2.24, 2.45) is 5.92 Å². The van der Waals surface area contributed by atoms with Gasteiger partial charge in [0, 0.05) is 6.61 Å². The van der Waals surface area contributed by atoms with Crippen LogP contribution in [0.2, 0.25) is 11.6 Å².